The van der Waals surface area contributed by atoms with Crippen molar-refractivity contribution in [2.24, 2.45) is 0 Å². The number of anilines is 1. The summed E-state index contributed by atoms with van der Waals surface area (Å²) in [5, 5.41) is 4.60. The second-order valence-corrected chi connectivity index (χ2v) is 8.20. The van der Waals surface area contributed by atoms with Crippen molar-refractivity contribution in [3.63, 3.8) is 0 Å². The third-order valence-electron chi connectivity index (χ3n) is 5.82. The maximum absolute atomic E-state index is 12.8. The van der Waals surface area contributed by atoms with Gasteiger partial charge in [-0.2, -0.15) is 4.68 Å². The number of ether oxygens (including phenoxy) is 1. The predicted molar refractivity (Wildman–Crippen MR) is 125 cm³/mol. The number of hydrogen-bond acceptors (Lipinski definition) is 5. The van der Waals surface area contributed by atoms with Crippen LogP contribution in [-0.2, 0) is 0 Å². The molecule has 0 unspecified atom stereocenters. The molecule has 1 saturated heterocycles. The van der Waals surface area contributed by atoms with Gasteiger partial charge in [-0.05, 0) is 53.9 Å². The number of amides is 1. The molecule has 1 amide bonds. The molecule has 0 N–H and O–H groups in total. The second-order valence-electron chi connectivity index (χ2n) is 8.20. The molecule has 1 aliphatic heterocycles. The van der Waals surface area contributed by atoms with Crippen LogP contribution in [-0.4, -0.2) is 53.9 Å². The van der Waals surface area contributed by atoms with Crippen LogP contribution in [0.3, 0.4) is 0 Å². The Morgan fingerprint density at radius 1 is 0.906 bits per heavy atom. The first kappa shape index (κ1) is 21.6. The molecule has 0 saturated carbocycles. The Hall–Kier alpha value is -3.61. The highest BCUT2D eigenvalue weighted by molar-refractivity contribution is 5.94. The van der Waals surface area contributed by atoms with Crippen molar-refractivity contribution in [1.29, 1.82) is 0 Å². The van der Waals surface area contributed by atoms with Gasteiger partial charge in [0.15, 0.2) is 0 Å². The van der Waals surface area contributed by atoms with Crippen LogP contribution in [0.15, 0.2) is 65.5 Å². The van der Waals surface area contributed by atoms with E-state index in [2.05, 4.69) is 23.8 Å². The molecule has 32 heavy (non-hydrogen) atoms. The van der Waals surface area contributed by atoms with Crippen LogP contribution < -0.4 is 15.2 Å². The number of piperazine rings is 1. The van der Waals surface area contributed by atoms with Crippen LogP contribution in [0.4, 0.5) is 5.82 Å². The maximum atomic E-state index is 12.8. The summed E-state index contributed by atoms with van der Waals surface area (Å²) in [6, 6.07) is 18.4. The van der Waals surface area contributed by atoms with E-state index in [0.717, 1.165) is 17.3 Å². The Balaban J connectivity index is 1.46. The quantitative estimate of drug-likeness (QED) is 0.619. The molecule has 0 bridgehead atoms. The van der Waals surface area contributed by atoms with E-state index in [1.165, 1.54) is 10.2 Å². The molecule has 1 aromatic heterocycles. The fourth-order valence-corrected chi connectivity index (χ4v) is 3.81. The van der Waals surface area contributed by atoms with E-state index in [1.54, 1.807) is 43.5 Å². The number of methoxy groups -OCH3 is 1. The Bertz CT molecular complexity index is 1130. The lowest BCUT2D eigenvalue weighted by molar-refractivity contribution is 0.0746. The molecule has 1 fully saturated rings. The predicted octanol–water partition coefficient (Wildman–Crippen LogP) is 3.33. The minimum absolute atomic E-state index is 0.00970. The van der Waals surface area contributed by atoms with Crippen LogP contribution in [0.25, 0.3) is 5.69 Å². The van der Waals surface area contributed by atoms with Crippen molar-refractivity contribution >= 4 is 11.7 Å². The number of hydrogen-bond donors (Lipinski definition) is 0. The lowest BCUT2D eigenvalue weighted by atomic mass is 10.0. The molecule has 0 spiro atoms. The standard InChI is InChI=1S/C25H28N4O3/c1-18(2)19-4-8-21(9-5-19)29-24(30)13-12-23(26-29)27-14-16-28(17-15-27)25(31)20-6-10-22(32-3)11-7-20/h4-13,18H,14-17H2,1-3H3. The van der Waals surface area contributed by atoms with Gasteiger partial charge in [0.2, 0.25) is 0 Å². The minimum atomic E-state index is -0.167. The van der Waals surface area contributed by atoms with Gasteiger partial charge >= 0.3 is 0 Å². The van der Waals surface area contributed by atoms with Crippen molar-refractivity contribution in [2.45, 2.75) is 19.8 Å². The lowest BCUT2D eigenvalue weighted by Crippen LogP contribution is -2.49. The average Bonchev–Trinajstić information content (AvgIpc) is 2.84. The van der Waals surface area contributed by atoms with Gasteiger partial charge in [0.25, 0.3) is 11.5 Å². The number of rotatable bonds is 5. The number of carbonyl (C=O) groups is 1. The lowest BCUT2D eigenvalue weighted by Gasteiger charge is -2.35. The summed E-state index contributed by atoms with van der Waals surface area (Å²) in [5.74, 6) is 1.90. The molecule has 2 heterocycles. The zero-order valence-electron chi connectivity index (χ0n) is 18.7. The highest BCUT2D eigenvalue weighted by atomic mass is 16.5. The number of carbonyl (C=O) groups excluding carboxylic acids is 1. The van der Waals surface area contributed by atoms with E-state index in [0.29, 0.717) is 37.7 Å². The summed E-state index contributed by atoms with van der Waals surface area (Å²) in [5.41, 5.74) is 2.44. The first-order valence-corrected chi connectivity index (χ1v) is 10.9. The second kappa shape index (κ2) is 9.26. The van der Waals surface area contributed by atoms with Gasteiger partial charge in [-0.1, -0.05) is 26.0 Å². The first-order valence-electron chi connectivity index (χ1n) is 10.9. The van der Waals surface area contributed by atoms with Crippen LogP contribution in [0.2, 0.25) is 0 Å². The molecule has 1 aliphatic rings. The van der Waals surface area contributed by atoms with Gasteiger partial charge in [0, 0.05) is 37.8 Å². The topological polar surface area (TPSA) is 67.7 Å². The fraction of sp³-hybridized carbons (Fsp3) is 0.320. The van der Waals surface area contributed by atoms with E-state index >= 15 is 0 Å². The summed E-state index contributed by atoms with van der Waals surface area (Å²) in [6.07, 6.45) is 0. The van der Waals surface area contributed by atoms with E-state index < -0.39 is 0 Å². The molecular formula is C25H28N4O3. The number of benzene rings is 2. The maximum Gasteiger partial charge on any atom is 0.271 e. The number of nitrogens with zero attached hydrogens (tertiary/aromatic N) is 4. The van der Waals surface area contributed by atoms with Crippen LogP contribution in [0, 0.1) is 0 Å². The molecule has 0 aliphatic carbocycles. The summed E-state index contributed by atoms with van der Waals surface area (Å²) < 4.78 is 6.60. The van der Waals surface area contributed by atoms with Gasteiger partial charge in [0.1, 0.15) is 11.6 Å². The summed E-state index contributed by atoms with van der Waals surface area (Å²) in [7, 11) is 1.61. The Kier molecular flexibility index (Phi) is 6.25. The molecule has 2 aromatic carbocycles. The number of aromatic nitrogens is 2. The molecule has 4 rings (SSSR count). The smallest absolute Gasteiger partial charge is 0.271 e. The zero-order valence-corrected chi connectivity index (χ0v) is 18.7. The van der Waals surface area contributed by atoms with Crippen molar-refractivity contribution < 1.29 is 9.53 Å². The monoisotopic (exact) mass is 432 g/mol. The third-order valence-corrected chi connectivity index (χ3v) is 5.82. The van der Waals surface area contributed by atoms with Crippen molar-refractivity contribution in [3.8, 4) is 11.4 Å². The van der Waals surface area contributed by atoms with Crippen molar-refractivity contribution in [1.82, 2.24) is 14.7 Å². The summed E-state index contributed by atoms with van der Waals surface area (Å²) in [6.45, 7) is 6.76. The van der Waals surface area contributed by atoms with E-state index in [4.69, 9.17) is 4.74 Å². The van der Waals surface area contributed by atoms with Crippen LogP contribution >= 0.6 is 0 Å². The molecule has 7 heteroatoms. The zero-order chi connectivity index (χ0) is 22.7. The SMILES string of the molecule is COc1ccc(C(=O)N2CCN(c3ccc(=O)n(-c4ccc(C(C)C)cc4)n3)CC2)cc1. The van der Waals surface area contributed by atoms with Gasteiger partial charge in [-0.25, -0.2) is 0 Å². The first-order chi connectivity index (χ1) is 15.5. The highest BCUT2D eigenvalue weighted by Crippen LogP contribution is 2.19. The van der Waals surface area contributed by atoms with Crippen molar-refractivity contribution in [3.05, 3.63) is 82.1 Å². The summed E-state index contributed by atoms with van der Waals surface area (Å²) in [4.78, 5) is 29.2. The Labute approximate surface area is 187 Å². The Morgan fingerprint density at radius 2 is 1.56 bits per heavy atom. The molecule has 7 nitrogen and oxygen atoms in total. The van der Waals surface area contributed by atoms with Crippen molar-refractivity contribution in [2.75, 3.05) is 38.2 Å². The van der Waals surface area contributed by atoms with Gasteiger partial charge < -0.3 is 14.5 Å². The van der Waals surface area contributed by atoms with Gasteiger partial charge in [-0.3, -0.25) is 9.59 Å². The summed E-state index contributed by atoms with van der Waals surface area (Å²) >= 11 is 0. The van der Waals surface area contributed by atoms with Gasteiger partial charge in [0.05, 0.1) is 12.8 Å². The van der Waals surface area contributed by atoms with E-state index in [1.807, 2.05) is 29.2 Å². The van der Waals surface area contributed by atoms with Crippen LogP contribution in [0.5, 0.6) is 5.75 Å². The molecule has 166 valence electrons. The third kappa shape index (κ3) is 4.51. The average molecular weight is 433 g/mol. The largest absolute Gasteiger partial charge is 0.497 e. The van der Waals surface area contributed by atoms with Crippen LogP contribution in [0.1, 0.15) is 35.7 Å². The Morgan fingerprint density at radius 3 is 2.16 bits per heavy atom. The highest BCUT2D eigenvalue weighted by Gasteiger charge is 2.23. The van der Waals surface area contributed by atoms with E-state index in [-0.39, 0.29) is 11.5 Å². The van der Waals surface area contributed by atoms with E-state index in [9.17, 15) is 9.59 Å². The molecular weight excluding hydrogens is 404 g/mol. The molecule has 0 radical (unpaired) electrons. The molecule has 0 atom stereocenters. The minimum Gasteiger partial charge on any atom is -0.497 e. The van der Waals surface area contributed by atoms with Gasteiger partial charge in [-0.15, -0.1) is 5.10 Å². The fourth-order valence-electron chi connectivity index (χ4n) is 3.81. The molecule has 3 aromatic rings. The normalized spacial score (nSPS) is 14.0.